The van der Waals surface area contributed by atoms with Crippen molar-refractivity contribution < 1.29 is 4.42 Å². The SMILES string of the molecule is c1ccc(-c2ccc(-c3cc(-c4ccc5c(c4)oc4c(-n6c7ccccc7c7c(-c8ccccc8)cccc76)cccc45)nc(-c4ccccc4)n3)cc2)cc1. The van der Waals surface area contributed by atoms with Crippen molar-refractivity contribution in [3.63, 3.8) is 0 Å². The van der Waals surface area contributed by atoms with Gasteiger partial charge in [-0.05, 0) is 58.7 Å². The van der Waals surface area contributed by atoms with Crippen molar-refractivity contribution in [2.75, 3.05) is 0 Å². The van der Waals surface area contributed by atoms with E-state index in [-0.39, 0.29) is 0 Å². The summed E-state index contributed by atoms with van der Waals surface area (Å²) in [5.74, 6) is 0.679. The van der Waals surface area contributed by atoms with Gasteiger partial charge in [-0.2, -0.15) is 0 Å². The molecule has 0 N–H and O–H groups in total. The molecule has 0 aliphatic rings. The van der Waals surface area contributed by atoms with Crippen LogP contribution in [0.25, 0.3) is 106 Å². The molecule has 262 valence electrons. The molecule has 0 amide bonds. The largest absolute Gasteiger partial charge is 0.454 e. The highest BCUT2D eigenvalue weighted by molar-refractivity contribution is 6.17. The lowest BCUT2D eigenvalue weighted by Crippen LogP contribution is -1.95. The Morgan fingerprint density at radius 3 is 1.71 bits per heavy atom. The van der Waals surface area contributed by atoms with Gasteiger partial charge < -0.3 is 8.98 Å². The summed E-state index contributed by atoms with van der Waals surface area (Å²) in [6.45, 7) is 0. The Balaban J connectivity index is 1.06. The Hall–Kier alpha value is -7.56. The van der Waals surface area contributed by atoms with E-state index in [9.17, 15) is 0 Å². The second kappa shape index (κ2) is 13.1. The highest BCUT2D eigenvalue weighted by Crippen LogP contribution is 2.42. The molecule has 0 aliphatic heterocycles. The molecule has 0 saturated heterocycles. The molecule has 0 spiro atoms. The van der Waals surface area contributed by atoms with Crippen LogP contribution in [-0.4, -0.2) is 14.5 Å². The number of furan rings is 1. The van der Waals surface area contributed by atoms with Crippen molar-refractivity contribution in [3.8, 4) is 61.8 Å². The van der Waals surface area contributed by atoms with Gasteiger partial charge in [-0.3, -0.25) is 0 Å². The monoisotopic (exact) mass is 715 g/mol. The summed E-state index contributed by atoms with van der Waals surface area (Å²) in [7, 11) is 0. The number of hydrogen-bond acceptors (Lipinski definition) is 3. The zero-order valence-corrected chi connectivity index (χ0v) is 30.3. The van der Waals surface area contributed by atoms with Gasteiger partial charge in [0.25, 0.3) is 0 Å². The molecule has 3 aromatic heterocycles. The van der Waals surface area contributed by atoms with Crippen LogP contribution in [-0.2, 0) is 0 Å². The van der Waals surface area contributed by atoms with E-state index < -0.39 is 0 Å². The quantitative estimate of drug-likeness (QED) is 0.172. The lowest BCUT2D eigenvalue weighted by Gasteiger charge is -2.10. The van der Waals surface area contributed by atoms with Gasteiger partial charge in [-0.25, -0.2) is 9.97 Å². The van der Waals surface area contributed by atoms with E-state index in [0.29, 0.717) is 5.82 Å². The number of aromatic nitrogens is 3. The van der Waals surface area contributed by atoms with Crippen LogP contribution in [0, 0.1) is 0 Å². The molecule has 0 unspecified atom stereocenters. The first-order valence-corrected chi connectivity index (χ1v) is 18.9. The second-order valence-corrected chi connectivity index (χ2v) is 14.2. The van der Waals surface area contributed by atoms with Crippen LogP contribution in [0.15, 0.2) is 205 Å². The number of rotatable bonds is 6. The lowest BCUT2D eigenvalue weighted by molar-refractivity contribution is 0.666. The number of benzene rings is 8. The molecular weight excluding hydrogens is 683 g/mol. The molecule has 4 nitrogen and oxygen atoms in total. The Kier molecular flexibility index (Phi) is 7.46. The molecule has 0 radical (unpaired) electrons. The van der Waals surface area contributed by atoms with Crippen LogP contribution in [0.1, 0.15) is 0 Å². The van der Waals surface area contributed by atoms with E-state index in [4.69, 9.17) is 14.4 Å². The van der Waals surface area contributed by atoms with E-state index in [0.717, 1.165) is 66.7 Å². The summed E-state index contributed by atoms with van der Waals surface area (Å²) in [5.41, 5.74) is 14.4. The standard InChI is InChI=1S/C52H33N3O/c1-4-14-34(15-5-1)35-26-28-37(29-27-35)44-33-45(54-52(53-44)38-18-8-3-9-19-38)39-30-31-41-42-22-13-25-48(51(42)56-49(41)32-39)55-46-23-11-10-20-43(46)50-40(21-12-24-47(50)55)36-16-6-2-7-17-36/h1-33H. The van der Waals surface area contributed by atoms with Gasteiger partial charge in [-0.1, -0.05) is 164 Å². The van der Waals surface area contributed by atoms with E-state index in [1.54, 1.807) is 0 Å². The molecule has 0 aliphatic carbocycles. The molecule has 4 heteroatoms. The van der Waals surface area contributed by atoms with Crippen molar-refractivity contribution in [3.05, 3.63) is 200 Å². The molecule has 3 heterocycles. The van der Waals surface area contributed by atoms with Crippen molar-refractivity contribution in [1.82, 2.24) is 14.5 Å². The van der Waals surface area contributed by atoms with Crippen molar-refractivity contribution in [2.24, 2.45) is 0 Å². The maximum absolute atomic E-state index is 6.90. The van der Waals surface area contributed by atoms with Gasteiger partial charge in [0.2, 0.25) is 0 Å². The first kappa shape index (κ1) is 31.9. The van der Waals surface area contributed by atoms with Gasteiger partial charge in [0.15, 0.2) is 11.4 Å². The first-order chi connectivity index (χ1) is 27.8. The number of para-hydroxylation sites is 2. The van der Waals surface area contributed by atoms with E-state index in [1.165, 1.54) is 33.0 Å². The molecule has 8 aromatic carbocycles. The molecular formula is C52H33N3O. The Morgan fingerprint density at radius 1 is 0.375 bits per heavy atom. The number of fused-ring (bicyclic) bond motifs is 6. The predicted octanol–water partition coefficient (Wildman–Crippen LogP) is 13.8. The summed E-state index contributed by atoms with van der Waals surface area (Å²) in [6, 6.07) is 70.1. The van der Waals surface area contributed by atoms with E-state index in [2.05, 4.69) is 180 Å². The fourth-order valence-corrected chi connectivity index (χ4v) is 8.18. The van der Waals surface area contributed by atoms with Gasteiger partial charge in [0, 0.05) is 38.2 Å². The summed E-state index contributed by atoms with van der Waals surface area (Å²) in [4.78, 5) is 10.2. The Labute approximate surface area is 323 Å². The normalized spacial score (nSPS) is 11.6. The lowest BCUT2D eigenvalue weighted by atomic mass is 9.99. The van der Waals surface area contributed by atoms with Crippen molar-refractivity contribution >= 4 is 43.7 Å². The van der Waals surface area contributed by atoms with Gasteiger partial charge in [0.05, 0.1) is 28.1 Å². The third kappa shape index (κ3) is 5.31. The molecule has 0 bridgehead atoms. The maximum atomic E-state index is 6.90. The van der Waals surface area contributed by atoms with Crippen LogP contribution in [0.3, 0.4) is 0 Å². The molecule has 11 rings (SSSR count). The zero-order chi connectivity index (χ0) is 37.0. The van der Waals surface area contributed by atoms with Crippen LogP contribution in [0.4, 0.5) is 0 Å². The Bertz CT molecular complexity index is 3220. The van der Waals surface area contributed by atoms with Crippen LogP contribution in [0.5, 0.6) is 0 Å². The third-order valence-electron chi connectivity index (χ3n) is 10.8. The van der Waals surface area contributed by atoms with E-state index in [1.807, 2.05) is 24.3 Å². The molecule has 0 saturated carbocycles. The second-order valence-electron chi connectivity index (χ2n) is 14.2. The molecule has 56 heavy (non-hydrogen) atoms. The molecule has 0 atom stereocenters. The summed E-state index contributed by atoms with van der Waals surface area (Å²) >= 11 is 0. The van der Waals surface area contributed by atoms with Gasteiger partial charge in [0.1, 0.15) is 5.58 Å². The summed E-state index contributed by atoms with van der Waals surface area (Å²) in [6.07, 6.45) is 0. The highest BCUT2D eigenvalue weighted by atomic mass is 16.3. The van der Waals surface area contributed by atoms with E-state index >= 15 is 0 Å². The van der Waals surface area contributed by atoms with Crippen LogP contribution in [0.2, 0.25) is 0 Å². The fourth-order valence-electron chi connectivity index (χ4n) is 8.18. The maximum Gasteiger partial charge on any atom is 0.160 e. The average Bonchev–Trinajstić information content (AvgIpc) is 3.83. The Morgan fingerprint density at radius 2 is 0.946 bits per heavy atom. The minimum absolute atomic E-state index is 0.679. The first-order valence-electron chi connectivity index (χ1n) is 18.9. The fraction of sp³-hybridized carbons (Fsp3) is 0. The average molecular weight is 716 g/mol. The van der Waals surface area contributed by atoms with Gasteiger partial charge in [-0.15, -0.1) is 0 Å². The van der Waals surface area contributed by atoms with Gasteiger partial charge >= 0.3 is 0 Å². The summed E-state index contributed by atoms with van der Waals surface area (Å²) in [5, 5.41) is 4.57. The summed E-state index contributed by atoms with van der Waals surface area (Å²) < 4.78 is 9.26. The number of hydrogen-bond donors (Lipinski definition) is 0. The minimum atomic E-state index is 0.679. The third-order valence-corrected chi connectivity index (χ3v) is 10.8. The minimum Gasteiger partial charge on any atom is -0.454 e. The number of nitrogens with zero attached hydrogens (tertiary/aromatic N) is 3. The molecule has 11 aromatic rings. The van der Waals surface area contributed by atoms with Crippen LogP contribution >= 0.6 is 0 Å². The van der Waals surface area contributed by atoms with Crippen molar-refractivity contribution in [1.29, 1.82) is 0 Å². The highest BCUT2D eigenvalue weighted by Gasteiger charge is 2.20. The smallest absolute Gasteiger partial charge is 0.160 e. The molecule has 0 fully saturated rings. The zero-order valence-electron chi connectivity index (χ0n) is 30.3. The topological polar surface area (TPSA) is 43.9 Å². The van der Waals surface area contributed by atoms with Crippen molar-refractivity contribution in [2.45, 2.75) is 0 Å². The predicted molar refractivity (Wildman–Crippen MR) is 231 cm³/mol. The van der Waals surface area contributed by atoms with Crippen LogP contribution < -0.4 is 0 Å².